The van der Waals surface area contributed by atoms with Crippen LogP contribution in [0.2, 0.25) is 0 Å². The van der Waals surface area contributed by atoms with Gasteiger partial charge in [-0.05, 0) is 52.7 Å². The number of hydrogen-bond acceptors (Lipinski definition) is 1. The summed E-state index contributed by atoms with van der Waals surface area (Å²) in [6.07, 6.45) is 2.16. The van der Waals surface area contributed by atoms with Gasteiger partial charge >= 0.3 is 0 Å². The number of rotatable bonds is 2. The molecule has 0 amide bonds. The van der Waals surface area contributed by atoms with Crippen LogP contribution in [0.1, 0.15) is 55.3 Å². The first kappa shape index (κ1) is 11.1. The maximum atomic E-state index is 14.0. The maximum Gasteiger partial charge on any atom is 0.148 e. The Morgan fingerprint density at radius 2 is 2.00 bits per heavy atom. The molecule has 1 nitrogen and oxygen atoms in total. The average molecular weight is 272 g/mol. The number of pyridine rings is 1. The minimum absolute atomic E-state index is 0.0931. The van der Waals surface area contributed by atoms with Gasteiger partial charge in [0.05, 0.1) is 5.69 Å². The topological polar surface area (TPSA) is 12.9 Å². The van der Waals surface area contributed by atoms with Crippen molar-refractivity contribution in [2.24, 2.45) is 0 Å². The van der Waals surface area contributed by atoms with E-state index in [1.165, 1.54) is 0 Å². The summed E-state index contributed by atoms with van der Waals surface area (Å²) >= 11 is 3.45. The molecular weight excluding hydrogens is 257 g/mol. The van der Waals surface area contributed by atoms with Crippen LogP contribution in [0.15, 0.2) is 4.60 Å². The van der Waals surface area contributed by atoms with Gasteiger partial charge in [-0.1, -0.05) is 13.8 Å². The highest BCUT2D eigenvalue weighted by Crippen LogP contribution is 2.42. The molecule has 15 heavy (non-hydrogen) atoms. The Morgan fingerprint density at radius 1 is 1.40 bits per heavy atom. The predicted molar refractivity (Wildman–Crippen MR) is 62.7 cm³/mol. The Balaban J connectivity index is 2.56. The fourth-order valence-corrected chi connectivity index (χ4v) is 2.92. The lowest BCUT2D eigenvalue weighted by atomic mass is 9.98. The van der Waals surface area contributed by atoms with Crippen LogP contribution in [-0.4, -0.2) is 4.98 Å². The van der Waals surface area contributed by atoms with E-state index in [1.807, 2.05) is 6.92 Å². The molecule has 1 heterocycles. The van der Waals surface area contributed by atoms with Crippen molar-refractivity contribution in [2.75, 3.05) is 0 Å². The Labute approximate surface area is 98.2 Å². The first-order chi connectivity index (χ1) is 7.02. The molecule has 2 rings (SSSR count). The molecule has 1 fully saturated rings. The molecule has 0 aromatic carbocycles. The zero-order valence-electron chi connectivity index (χ0n) is 9.27. The van der Waals surface area contributed by atoms with Crippen molar-refractivity contribution in [1.82, 2.24) is 4.98 Å². The predicted octanol–water partition coefficient (Wildman–Crippen LogP) is 4.29. The van der Waals surface area contributed by atoms with Crippen LogP contribution >= 0.6 is 15.9 Å². The quantitative estimate of drug-likeness (QED) is 0.732. The molecule has 1 aliphatic rings. The van der Waals surface area contributed by atoms with Crippen LogP contribution in [0.25, 0.3) is 0 Å². The molecule has 82 valence electrons. The zero-order valence-corrected chi connectivity index (χ0v) is 10.9. The van der Waals surface area contributed by atoms with Crippen molar-refractivity contribution < 1.29 is 4.39 Å². The van der Waals surface area contributed by atoms with Crippen LogP contribution in [0.3, 0.4) is 0 Å². The second-order valence-electron chi connectivity index (χ2n) is 4.57. The molecule has 0 N–H and O–H groups in total. The molecule has 1 aromatic rings. The third-order valence-corrected chi connectivity index (χ3v) is 3.54. The molecule has 0 bridgehead atoms. The summed E-state index contributed by atoms with van der Waals surface area (Å²) in [7, 11) is 0. The molecule has 1 aliphatic carbocycles. The summed E-state index contributed by atoms with van der Waals surface area (Å²) in [4.78, 5) is 4.36. The molecular formula is C12H15BrFN. The van der Waals surface area contributed by atoms with Crippen molar-refractivity contribution in [3.8, 4) is 0 Å². The highest BCUT2D eigenvalue weighted by Gasteiger charge is 2.30. The molecule has 0 atom stereocenters. The number of nitrogens with zero attached hydrogens (tertiary/aromatic N) is 1. The highest BCUT2D eigenvalue weighted by molar-refractivity contribution is 9.10. The molecule has 0 saturated heterocycles. The second-order valence-corrected chi connectivity index (χ2v) is 5.32. The summed E-state index contributed by atoms with van der Waals surface area (Å²) in [5.74, 6) is 0.570. The minimum atomic E-state index is -0.0931. The lowest BCUT2D eigenvalue weighted by molar-refractivity contribution is 0.582. The SMILES string of the molecule is Cc1c(F)c(C2CC2)nc(Br)c1C(C)C. The second kappa shape index (κ2) is 3.85. The van der Waals surface area contributed by atoms with E-state index in [0.29, 0.717) is 17.5 Å². The lowest BCUT2D eigenvalue weighted by Crippen LogP contribution is -2.04. The van der Waals surface area contributed by atoms with Crippen LogP contribution < -0.4 is 0 Å². The molecule has 3 heteroatoms. The Bertz CT molecular complexity index is 397. The smallest absolute Gasteiger partial charge is 0.148 e. The summed E-state index contributed by atoms with van der Waals surface area (Å²) in [6, 6.07) is 0. The van der Waals surface area contributed by atoms with Gasteiger partial charge < -0.3 is 0 Å². The third kappa shape index (κ3) is 1.94. The van der Waals surface area contributed by atoms with Gasteiger partial charge in [0, 0.05) is 5.92 Å². The zero-order chi connectivity index (χ0) is 11.2. The monoisotopic (exact) mass is 271 g/mol. The maximum absolute atomic E-state index is 14.0. The van der Waals surface area contributed by atoms with Gasteiger partial charge in [-0.2, -0.15) is 0 Å². The van der Waals surface area contributed by atoms with Gasteiger partial charge in [0.25, 0.3) is 0 Å². The molecule has 0 aliphatic heterocycles. The number of aromatic nitrogens is 1. The molecule has 0 spiro atoms. The van der Waals surface area contributed by atoms with E-state index >= 15 is 0 Å². The van der Waals surface area contributed by atoms with E-state index in [1.54, 1.807) is 0 Å². The van der Waals surface area contributed by atoms with Gasteiger partial charge in [0.1, 0.15) is 10.4 Å². The normalized spacial score (nSPS) is 16.1. The largest absolute Gasteiger partial charge is 0.242 e. The van der Waals surface area contributed by atoms with Gasteiger partial charge in [-0.15, -0.1) is 0 Å². The summed E-state index contributed by atoms with van der Waals surface area (Å²) < 4.78 is 14.8. The summed E-state index contributed by atoms with van der Waals surface area (Å²) in [5, 5.41) is 0. The minimum Gasteiger partial charge on any atom is -0.242 e. The number of halogens is 2. The first-order valence-electron chi connectivity index (χ1n) is 5.37. The van der Waals surface area contributed by atoms with E-state index in [2.05, 4.69) is 34.8 Å². The van der Waals surface area contributed by atoms with Gasteiger partial charge in [0.2, 0.25) is 0 Å². The van der Waals surface area contributed by atoms with Gasteiger partial charge in [-0.3, -0.25) is 0 Å². The molecule has 0 unspecified atom stereocenters. The van der Waals surface area contributed by atoms with E-state index in [9.17, 15) is 4.39 Å². The van der Waals surface area contributed by atoms with E-state index in [0.717, 1.165) is 28.6 Å². The standard InChI is InChI=1S/C12H15BrFN/c1-6(2)9-7(3)10(14)11(8-4-5-8)15-12(9)13/h6,8H,4-5H2,1-3H3. The Morgan fingerprint density at radius 3 is 2.47 bits per heavy atom. The van der Waals surface area contributed by atoms with Crippen molar-refractivity contribution in [1.29, 1.82) is 0 Å². The fourth-order valence-electron chi connectivity index (χ4n) is 1.98. The van der Waals surface area contributed by atoms with Crippen molar-refractivity contribution in [3.63, 3.8) is 0 Å². The average Bonchev–Trinajstić information content (AvgIpc) is 2.94. The lowest BCUT2D eigenvalue weighted by Gasteiger charge is -2.14. The van der Waals surface area contributed by atoms with Crippen molar-refractivity contribution in [3.05, 3.63) is 27.2 Å². The fraction of sp³-hybridized carbons (Fsp3) is 0.583. The van der Waals surface area contributed by atoms with Crippen molar-refractivity contribution in [2.45, 2.75) is 45.4 Å². The van der Waals surface area contributed by atoms with Gasteiger partial charge in [-0.25, -0.2) is 9.37 Å². The highest BCUT2D eigenvalue weighted by atomic mass is 79.9. The van der Waals surface area contributed by atoms with E-state index < -0.39 is 0 Å². The summed E-state index contributed by atoms with van der Waals surface area (Å²) in [5.41, 5.74) is 2.41. The van der Waals surface area contributed by atoms with Crippen LogP contribution in [0, 0.1) is 12.7 Å². The van der Waals surface area contributed by atoms with Gasteiger partial charge in [0.15, 0.2) is 0 Å². The number of hydrogen-bond donors (Lipinski definition) is 0. The molecule has 1 saturated carbocycles. The Kier molecular flexibility index (Phi) is 2.84. The van der Waals surface area contributed by atoms with Crippen molar-refractivity contribution >= 4 is 15.9 Å². The van der Waals surface area contributed by atoms with Crippen LogP contribution in [-0.2, 0) is 0 Å². The van der Waals surface area contributed by atoms with E-state index in [-0.39, 0.29) is 5.82 Å². The van der Waals surface area contributed by atoms with Crippen LogP contribution in [0.4, 0.5) is 4.39 Å². The third-order valence-electron chi connectivity index (χ3n) is 2.94. The summed E-state index contributed by atoms with van der Waals surface area (Å²) in [6.45, 7) is 5.97. The van der Waals surface area contributed by atoms with Crippen LogP contribution in [0.5, 0.6) is 0 Å². The molecule has 0 radical (unpaired) electrons. The Hall–Kier alpha value is -0.440. The van der Waals surface area contributed by atoms with E-state index in [4.69, 9.17) is 0 Å². The molecule has 1 aromatic heterocycles. The first-order valence-corrected chi connectivity index (χ1v) is 6.17.